The number of carbonyl (C=O) groups is 2. The zero-order chi connectivity index (χ0) is 21.3. The van der Waals surface area contributed by atoms with Gasteiger partial charge in [0.2, 0.25) is 5.91 Å². The molecule has 0 aliphatic heterocycles. The van der Waals surface area contributed by atoms with Gasteiger partial charge in [0.05, 0.1) is 13.7 Å². The van der Waals surface area contributed by atoms with Crippen LogP contribution in [-0.2, 0) is 11.4 Å². The molecule has 0 aliphatic rings. The second-order valence-electron chi connectivity index (χ2n) is 6.62. The highest BCUT2D eigenvalue weighted by atomic mass is 16.5. The molecule has 2 aromatic carbocycles. The van der Waals surface area contributed by atoms with Crippen molar-refractivity contribution in [2.24, 2.45) is 0 Å². The van der Waals surface area contributed by atoms with E-state index in [-0.39, 0.29) is 18.4 Å². The number of carbonyl (C=O) groups excluding carboxylic acids is 2. The minimum absolute atomic E-state index is 0.0741. The normalized spacial score (nSPS) is 10.2. The predicted molar refractivity (Wildman–Crippen MR) is 114 cm³/mol. The first-order valence-corrected chi connectivity index (χ1v) is 9.36. The van der Waals surface area contributed by atoms with Gasteiger partial charge in [0, 0.05) is 42.3 Å². The summed E-state index contributed by atoms with van der Waals surface area (Å²) >= 11 is 0. The minimum Gasteiger partial charge on any atom is -0.497 e. The Morgan fingerprint density at radius 3 is 2.53 bits per heavy atom. The standard InChI is InChI=1S/C23H23N3O4/c1-26(15-22(27)25-19-6-3-7-21(13-19)29-2)23(28)18-8-10-20(11-9-18)30-16-17-5-4-12-24-14-17/h3-14H,15-16H2,1-2H3,(H,25,27). The van der Waals surface area contributed by atoms with Crippen LogP contribution in [0.3, 0.4) is 0 Å². The average Bonchev–Trinajstić information content (AvgIpc) is 2.78. The molecule has 0 saturated carbocycles. The van der Waals surface area contributed by atoms with Crippen LogP contribution in [0.4, 0.5) is 5.69 Å². The number of rotatable bonds is 8. The molecule has 30 heavy (non-hydrogen) atoms. The molecule has 0 bridgehead atoms. The molecule has 0 unspecified atom stereocenters. The van der Waals surface area contributed by atoms with Crippen LogP contribution in [0.15, 0.2) is 73.1 Å². The number of amides is 2. The SMILES string of the molecule is COc1cccc(NC(=O)CN(C)C(=O)c2ccc(OCc3cccnc3)cc2)c1. The summed E-state index contributed by atoms with van der Waals surface area (Å²) < 4.78 is 10.8. The molecule has 0 atom stereocenters. The van der Waals surface area contributed by atoms with E-state index in [1.54, 1.807) is 75.1 Å². The monoisotopic (exact) mass is 405 g/mol. The number of anilines is 1. The molecule has 3 aromatic rings. The maximum absolute atomic E-state index is 12.6. The number of methoxy groups -OCH3 is 1. The van der Waals surface area contributed by atoms with E-state index < -0.39 is 0 Å². The van der Waals surface area contributed by atoms with Crippen molar-refractivity contribution < 1.29 is 19.1 Å². The molecule has 1 N–H and O–H groups in total. The Bertz CT molecular complexity index is 991. The topological polar surface area (TPSA) is 80.8 Å². The van der Waals surface area contributed by atoms with Gasteiger partial charge in [0.25, 0.3) is 5.91 Å². The van der Waals surface area contributed by atoms with E-state index in [1.165, 1.54) is 4.90 Å². The summed E-state index contributed by atoms with van der Waals surface area (Å²) in [5.74, 6) is 0.738. The van der Waals surface area contributed by atoms with Gasteiger partial charge < -0.3 is 19.7 Å². The average molecular weight is 405 g/mol. The Morgan fingerprint density at radius 1 is 1.03 bits per heavy atom. The van der Waals surface area contributed by atoms with E-state index in [4.69, 9.17) is 9.47 Å². The van der Waals surface area contributed by atoms with Crippen LogP contribution in [0.5, 0.6) is 11.5 Å². The summed E-state index contributed by atoms with van der Waals surface area (Å²) in [6.45, 7) is 0.320. The fourth-order valence-electron chi connectivity index (χ4n) is 2.75. The largest absolute Gasteiger partial charge is 0.497 e. The molecule has 2 amide bonds. The number of hydrogen-bond acceptors (Lipinski definition) is 5. The highest BCUT2D eigenvalue weighted by Gasteiger charge is 2.15. The molecule has 1 heterocycles. The second-order valence-corrected chi connectivity index (χ2v) is 6.62. The molecule has 0 spiro atoms. The lowest BCUT2D eigenvalue weighted by Crippen LogP contribution is -2.34. The van der Waals surface area contributed by atoms with E-state index in [0.717, 1.165) is 5.56 Å². The van der Waals surface area contributed by atoms with Gasteiger partial charge in [-0.1, -0.05) is 12.1 Å². The molecule has 154 valence electrons. The summed E-state index contributed by atoms with van der Waals surface area (Å²) in [7, 11) is 3.14. The van der Waals surface area contributed by atoms with Gasteiger partial charge in [-0.2, -0.15) is 0 Å². The Labute approximate surface area is 175 Å². The molecule has 7 nitrogen and oxygen atoms in total. The first-order chi connectivity index (χ1) is 14.5. The molecular weight excluding hydrogens is 382 g/mol. The molecule has 1 aromatic heterocycles. The Hall–Kier alpha value is -3.87. The van der Waals surface area contributed by atoms with E-state index in [0.29, 0.717) is 29.4 Å². The first kappa shape index (κ1) is 20.9. The lowest BCUT2D eigenvalue weighted by atomic mass is 10.2. The van der Waals surface area contributed by atoms with Crippen molar-refractivity contribution in [2.45, 2.75) is 6.61 Å². The highest BCUT2D eigenvalue weighted by Crippen LogP contribution is 2.17. The van der Waals surface area contributed by atoms with Gasteiger partial charge in [0.1, 0.15) is 18.1 Å². The summed E-state index contributed by atoms with van der Waals surface area (Å²) in [5, 5.41) is 2.76. The molecule has 7 heteroatoms. The lowest BCUT2D eigenvalue weighted by molar-refractivity contribution is -0.116. The van der Waals surface area contributed by atoms with Crippen molar-refractivity contribution in [3.8, 4) is 11.5 Å². The number of benzene rings is 2. The predicted octanol–water partition coefficient (Wildman–Crippen LogP) is 3.38. The fourth-order valence-corrected chi connectivity index (χ4v) is 2.75. The van der Waals surface area contributed by atoms with Gasteiger partial charge in [-0.05, 0) is 42.5 Å². The summed E-state index contributed by atoms with van der Waals surface area (Å²) in [4.78, 5) is 30.3. The second kappa shape index (κ2) is 10.1. The third-order valence-corrected chi connectivity index (χ3v) is 4.31. The molecule has 0 radical (unpaired) electrons. The Kier molecular flexibility index (Phi) is 7.00. The van der Waals surface area contributed by atoms with Crippen LogP contribution in [0.1, 0.15) is 15.9 Å². The van der Waals surface area contributed by atoms with Crippen molar-refractivity contribution in [3.63, 3.8) is 0 Å². The van der Waals surface area contributed by atoms with E-state index in [1.807, 2.05) is 12.1 Å². The number of aromatic nitrogens is 1. The van der Waals surface area contributed by atoms with Gasteiger partial charge in [-0.25, -0.2) is 0 Å². The van der Waals surface area contributed by atoms with Crippen LogP contribution in [0, 0.1) is 0 Å². The van der Waals surface area contributed by atoms with Crippen molar-refractivity contribution in [3.05, 3.63) is 84.2 Å². The number of nitrogens with one attached hydrogen (secondary N) is 1. The van der Waals surface area contributed by atoms with E-state index in [9.17, 15) is 9.59 Å². The quantitative estimate of drug-likeness (QED) is 0.621. The van der Waals surface area contributed by atoms with Crippen molar-refractivity contribution in [2.75, 3.05) is 26.0 Å². The summed E-state index contributed by atoms with van der Waals surface area (Å²) in [6.07, 6.45) is 3.45. The van der Waals surface area contributed by atoms with Crippen LogP contribution >= 0.6 is 0 Å². The molecule has 0 saturated heterocycles. The van der Waals surface area contributed by atoms with Gasteiger partial charge in [-0.15, -0.1) is 0 Å². The first-order valence-electron chi connectivity index (χ1n) is 9.36. The number of hydrogen-bond donors (Lipinski definition) is 1. The van der Waals surface area contributed by atoms with Crippen LogP contribution < -0.4 is 14.8 Å². The van der Waals surface area contributed by atoms with Gasteiger partial charge in [-0.3, -0.25) is 14.6 Å². The van der Waals surface area contributed by atoms with Crippen LogP contribution in [-0.4, -0.2) is 42.4 Å². The van der Waals surface area contributed by atoms with Gasteiger partial charge >= 0.3 is 0 Å². The third-order valence-electron chi connectivity index (χ3n) is 4.31. The third kappa shape index (κ3) is 5.81. The van der Waals surface area contributed by atoms with Gasteiger partial charge in [0.15, 0.2) is 0 Å². The molecule has 0 aliphatic carbocycles. The van der Waals surface area contributed by atoms with Crippen LogP contribution in [0.2, 0.25) is 0 Å². The van der Waals surface area contributed by atoms with Crippen molar-refractivity contribution >= 4 is 17.5 Å². The fraction of sp³-hybridized carbons (Fsp3) is 0.174. The summed E-state index contributed by atoms with van der Waals surface area (Å²) in [5.41, 5.74) is 2.04. The minimum atomic E-state index is -0.296. The lowest BCUT2D eigenvalue weighted by Gasteiger charge is -2.17. The smallest absolute Gasteiger partial charge is 0.254 e. The van der Waals surface area contributed by atoms with E-state index in [2.05, 4.69) is 10.3 Å². The maximum Gasteiger partial charge on any atom is 0.254 e. The number of likely N-dealkylation sites (N-methyl/N-ethyl adjacent to an activating group) is 1. The zero-order valence-corrected chi connectivity index (χ0v) is 16.9. The summed E-state index contributed by atoms with van der Waals surface area (Å²) in [6, 6.07) is 17.6. The molecular formula is C23H23N3O4. The van der Waals surface area contributed by atoms with Crippen molar-refractivity contribution in [1.29, 1.82) is 0 Å². The maximum atomic E-state index is 12.6. The zero-order valence-electron chi connectivity index (χ0n) is 16.9. The number of ether oxygens (including phenoxy) is 2. The van der Waals surface area contributed by atoms with Crippen LogP contribution in [0.25, 0.3) is 0 Å². The number of nitrogens with zero attached hydrogens (tertiary/aromatic N) is 2. The number of pyridine rings is 1. The Morgan fingerprint density at radius 2 is 1.83 bits per heavy atom. The van der Waals surface area contributed by atoms with E-state index >= 15 is 0 Å². The van der Waals surface area contributed by atoms with Crippen molar-refractivity contribution in [1.82, 2.24) is 9.88 Å². The Balaban J connectivity index is 1.52. The molecule has 3 rings (SSSR count). The highest BCUT2D eigenvalue weighted by molar-refractivity contribution is 5.99. The molecule has 0 fully saturated rings.